The molecule has 0 aliphatic rings. The highest BCUT2D eigenvalue weighted by Crippen LogP contribution is 2.28. The molecule has 0 bridgehead atoms. The summed E-state index contributed by atoms with van der Waals surface area (Å²) in [5, 5.41) is 4.26. The summed E-state index contributed by atoms with van der Waals surface area (Å²) < 4.78 is 1.66. The van der Waals surface area contributed by atoms with Crippen molar-refractivity contribution in [1.29, 1.82) is 0 Å². The lowest BCUT2D eigenvalue weighted by atomic mass is 10.2. The molecule has 2 heterocycles. The van der Waals surface area contributed by atoms with E-state index < -0.39 is 0 Å². The van der Waals surface area contributed by atoms with E-state index in [0.29, 0.717) is 17.1 Å². The van der Waals surface area contributed by atoms with Crippen LogP contribution in [0.2, 0.25) is 0 Å². The van der Waals surface area contributed by atoms with E-state index in [2.05, 4.69) is 10.3 Å². The lowest BCUT2D eigenvalue weighted by molar-refractivity contribution is -0.119. The predicted molar refractivity (Wildman–Crippen MR) is 97.6 cm³/mol. The molecule has 0 saturated heterocycles. The second-order valence-corrected chi connectivity index (χ2v) is 7.72. The van der Waals surface area contributed by atoms with Crippen LogP contribution in [0.3, 0.4) is 0 Å². The van der Waals surface area contributed by atoms with Gasteiger partial charge in [-0.1, -0.05) is 18.7 Å². The molecule has 0 aliphatic carbocycles. The first kappa shape index (κ1) is 18.0. The average molecular weight is 354 g/mol. The van der Waals surface area contributed by atoms with Gasteiger partial charge in [0.2, 0.25) is 5.91 Å². The van der Waals surface area contributed by atoms with E-state index in [4.69, 9.17) is 0 Å². The molecular formula is C16H23N3O2S2. The van der Waals surface area contributed by atoms with Crippen LogP contribution in [-0.2, 0) is 11.3 Å². The van der Waals surface area contributed by atoms with E-state index in [1.807, 2.05) is 34.6 Å². The summed E-state index contributed by atoms with van der Waals surface area (Å²) in [6.45, 7) is 10.4. The minimum absolute atomic E-state index is 0.0100. The average Bonchev–Trinajstić information content (AvgIpc) is 2.80. The molecule has 1 N–H and O–H groups in total. The van der Waals surface area contributed by atoms with E-state index in [1.165, 1.54) is 23.1 Å². The minimum atomic E-state index is -0.0279. The molecule has 23 heavy (non-hydrogen) atoms. The zero-order chi connectivity index (χ0) is 17.1. The summed E-state index contributed by atoms with van der Waals surface area (Å²) in [5.74, 6) is 0.242. The Kier molecular flexibility index (Phi) is 5.86. The lowest BCUT2D eigenvalue weighted by Crippen LogP contribution is -2.33. The van der Waals surface area contributed by atoms with Crippen molar-refractivity contribution in [1.82, 2.24) is 14.9 Å². The molecule has 1 atom stereocenters. The highest BCUT2D eigenvalue weighted by molar-refractivity contribution is 7.99. The maximum absolute atomic E-state index is 12.7. The second-order valence-electron chi connectivity index (χ2n) is 5.57. The summed E-state index contributed by atoms with van der Waals surface area (Å²) in [6.07, 6.45) is 0.897. The van der Waals surface area contributed by atoms with Crippen LogP contribution in [0.15, 0.2) is 9.95 Å². The van der Waals surface area contributed by atoms with Crippen LogP contribution in [0.1, 0.15) is 37.6 Å². The zero-order valence-electron chi connectivity index (χ0n) is 14.2. The molecule has 2 rings (SSSR count). The van der Waals surface area contributed by atoms with Gasteiger partial charge in [-0.3, -0.25) is 14.2 Å². The van der Waals surface area contributed by atoms with E-state index in [-0.39, 0.29) is 23.3 Å². The molecule has 126 valence electrons. The van der Waals surface area contributed by atoms with Crippen molar-refractivity contribution in [3.63, 3.8) is 0 Å². The Morgan fingerprint density at radius 1 is 1.39 bits per heavy atom. The Morgan fingerprint density at radius 2 is 2.09 bits per heavy atom. The third kappa shape index (κ3) is 3.77. The summed E-state index contributed by atoms with van der Waals surface area (Å²) in [5.41, 5.74) is 1.000. The van der Waals surface area contributed by atoms with Crippen LogP contribution in [0.25, 0.3) is 10.2 Å². The van der Waals surface area contributed by atoms with Crippen molar-refractivity contribution in [2.24, 2.45) is 0 Å². The topological polar surface area (TPSA) is 64.0 Å². The molecule has 2 aromatic rings. The quantitative estimate of drug-likeness (QED) is 0.640. The zero-order valence-corrected chi connectivity index (χ0v) is 15.9. The van der Waals surface area contributed by atoms with Gasteiger partial charge in [-0.05, 0) is 39.7 Å². The van der Waals surface area contributed by atoms with Crippen molar-refractivity contribution in [2.45, 2.75) is 58.8 Å². The molecule has 0 saturated carbocycles. The normalized spacial score (nSPS) is 12.6. The summed E-state index contributed by atoms with van der Waals surface area (Å²) in [7, 11) is 0. The number of nitrogens with zero attached hydrogens (tertiary/aromatic N) is 2. The Morgan fingerprint density at radius 3 is 2.70 bits per heavy atom. The highest BCUT2D eigenvalue weighted by atomic mass is 32.2. The largest absolute Gasteiger partial charge is 0.353 e. The molecule has 7 heteroatoms. The monoisotopic (exact) mass is 353 g/mol. The molecule has 0 aromatic carbocycles. The minimum Gasteiger partial charge on any atom is -0.353 e. The molecule has 0 radical (unpaired) electrons. The van der Waals surface area contributed by atoms with Crippen molar-refractivity contribution < 1.29 is 4.79 Å². The van der Waals surface area contributed by atoms with Crippen molar-refractivity contribution in [2.75, 3.05) is 5.75 Å². The number of hydrogen-bond donors (Lipinski definition) is 1. The molecule has 0 unspecified atom stereocenters. The maximum Gasteiger partial charge on any atom is 0.263 e. The van der Waals surface area contributed by atoms with Crippen LogP contribution in [0, 0.1) is 13.8 Å². The Hall–Kier alpha value is -1.34. The first-order valence-electron chi connectivity index (χ1n) is 7.81. The third-order valence-corrected chi connectivity index (χ3v) is 6.00. The molecular weight excluding hydrogens is 330 g/mol. The number of hydrogen-bond acceptors (Lipinski definition) is 5. The maximum atomic E-state index is 12.7. The first-order chi connectivity index (χ1) is 10.9. The summed E-state index contributed by atoms with van der Waals surface area (Å²) in [4.78, 5) is 31.1. The van der Waals surface area contributed by atoms with E-state index in [0.717, 1.165) is 21.7 Å². The number of thioether (sulfide) groups is 1. The number of aromatic nitrogens is 2. The van der Waals surface area contributed by atoms with Crippen LogP contribution in [-0.4, -0.2) is 27.3 Å². The summed E-state index contributed by atoms with van der Waals surface area (Å²) in [6, 6.07) is 0.162. The smallest absolute Gasteiger partial charge is 0.263 e. The van der Waals surface area contributed by atoms with Gasteiger partial charge in [-0.25, -0.2) is 4.98 Å². The van der Waals surface area contributed by atoms with Gasteiger partial charge in [-0.2, -0.15) is 0 Å². The number of aryl methyl sites for hydroxylation is 2. The highest BCUT2D eigenvalue weighted by Gasteiger charge is 2.17. The summed E-state index contributed by atoms with van der Waals surface area (Å²) >= 11 is 2.86. The van der Waals surface area contributed by atoms with Crippen molar-refractivity contribution in [3.05, 3.63) is 20.8 Å². The fourth-order valence-corrected chi connectivity index (χ4v) is 4.19. The van der Waals surface area contributed by atoms with Gasteiger partial charge in [0.05, 0.1) is 11.1 Å². The van der Waals surface area contributed by atoms with Gasteiger partial charge in [-0.15, -0.1) is 11.3 Å². The van der Waals surface area contributed by atoms with Gasteiger partial charge in [0.1, 0.15) is 4.83 Å². The molecule has 5 nitrogen and oxygen atoms in total. The number of carbonyl (C=O) groups is 1. The number of thiophene rings is 1. The first-order valence-corrected chi connectivity index (χ1v) is 9.61. The van der Waals surface area contributed by atoms with Gasteiger partial charge < -0.3 is 5.32 Å². The Bertz CT molecular complexity index is 780. The Labute approximate surface area is 144 Å². The molecule has 0 fully saturated rings. The van der Waals surface area contributed by atoms with Crippen molar-refractivity contribution in [3.8, 4) is 0 Å². The van der Waals surface area contributed by atoms with Gasteiger partial charge >= 0.3 is 0 Å². The van der Waals surface area contributed by atoms with Crippen molar-refractivity contribution >= 4 is 39.2 Å². The third-order valence-electron chi connectivity index (χ3n) is 3.92. The SMILES string of the molecule is CC[C@H](C)NC(=O)CSc1nc2sc(C)c(C)c2c(=O)n1CC. The molecule has 1 amide bonds. The lowest BCUT2D eigenvalue weighted by Gasteiger charge is -2.12. The number of carbonyl (C=O) groups excluding carboxylic acids is 1. The Balaban J connectivity index is 2.30. The van der Waals surface area contributed by atoms with Crippen LogP contribution in [0.5, 0.6) is 0 Å². The fraction of sp³-hybridized carbons (Fsp3) is 0.562. The second kappa shape index (κ2) is 7.49. The van der Waals surface area contributed by atoms with E-state index >= 15 is 0 Å². The predicted octanol–water partition coefficient (Wildman–Crippen LogP) is 3.10. The van der Waals surface area contributed by atoms with Crippen LogP contribution < -0.4 is 10.9 Å². The van der Waals surface area contributed by atoms with E-state index in [1.54, 1.807) is 4.57 Å². The van der Waals surface area contributed by atoms with Crippen LogP contribution in [0.4, 0.5) is 0 Å². The molecule has 2 aromatic heterocycles. The number of rotatable bonds is 6. The van der Waals surface area contributed by atoms with Gasteiger partial charge in [0.15, 0.2) is 5.16 Å². The number of nitrogens with one attached hydrogen (secondary N) is 1. The van der Waals surface area contributed by atoms with Gasteiger partial charge in [0.25, 0.3) is 5.56 Å². The standard InChI is InChI=1S/C16H23N3O2S2/c1-6-9(3)17-12(20)8-22-16-18-14-13(10(4)11(5)23-14)15(21)19(16)7-2/h9H,6-8H2,1-5H3,(H,17,20)/t9-/m0/s1. The molecule has 0 spiro atoms. The van der Waals surface area contributed by atoms with Gasteiger partial charge in [0, 0.05) is 17.5 Å². The number of fused-ring (bicyclic) bond motifs is 1. The van der Waals surface area contributed by atoms with E-state index in [9.17, 15) is 9.59 Å². The number of amides is 1. The van der Waals surface area contributed by atoms with Crippen LogP contribution >= 0.6 is 23.1 Å². The molecule has 0 aliphatic heterocycles. The fourth-order valence-electron chi connectivity index (χ4n) is 2.25.